The second-order valence-electron chi connectivity index (χ2n) is 6.99. The monoisotopic (exact) mass is 381 g/mol. The molecule has 28 heavy (non-hydrogen) atoms. The molecule has 0 fully saturated rings. The van der Waals surface area contributed by atoms with Gasteiger partial charge in [-0.2, -0.15) is 0 Å². The van der Waals surface area contributed by atoms with Gasteiger partial charge in [0.05, 0.1) is 7.11 Å². The summed E-state index contributed by atoms with van der Waals surface area (Å²) < 4.78 is 11.0. The molecule has 1 N–H and O–H groups in total. The zero-order chi connectivity index (χ0) is 19.9. The van der Waals surface area contributed by atoms with Crippen LogP contribution < -0.4 is 9.47 Å². The van der Waals surface area contributed by atoms with Gasteiger partial charge in [0, 0.05) is 25.2 Å². The van der Waals surface area contributed by atoms with E-state index in [1.165, 1.54) is 25.2 Å². The van der Waals surface area contributed by atoms with Crippen molar-refractivity contribution in [2.75, 3.05) is 33.4 Å². The third-order valence-electron chi connectivity index (χ3n) is 4.91. The molecule has 2 aromatic carbocycles. The molecule has 5 nitrogen and oxygen atoms in total. The minimum Gasteiger partial charge on any atom is -0.493 e. The van der Waals surface area contributed by atoms with Crippen LogP contribution in [-0.2, 0) is 0 Å². The highest BCUT2D eigenvalue weighted by Gasteiger charge is 2.17. The zero-order valence-corrected chi connectivity index (χ0v) is 16.4. The third-order valence-corrected chi connectivity index (χ3v) is 4.91. The zero-order valence-electron chi connectivity index (χ0n) is 16.4. The van der Waals surface area contributed by atoms with Gasteiger partial charge >= 0.3 is 0 Å². The number of carbonyl (C=O) groups is 1. The summed E-state index contributed by atoms with van der Waals surface area (Å²) in [5.41, 5.74) is 3.20. The van der Waals surface area contributed by atoms with Crippen LogP contribution in [0.15, 0.2) is 54.6 Å². The molecule has 1 unspecified atom stereocenters. The molecule has 2 aromatic rings. The average Bonchev–Trinajstić information content (AvgIpc) is 2.73. The van der Waals surface area contributed by atoms with Crippen LogP contribution in [0.2, 0.25) is 0 Å². The van der Waals surface area contributed by atoms with Gasteiger partial charge in [0.25, 0.3) is 0 Å². The van der Waals surface area contributed by atoms with Crippen molar-refractivity contribution in [1.82, 2.24) is 4.90 Å². The highest BCUT2D eigenvalue weighted by Crippen LogP contribution is 2.28. The van der Waals surface area contributed by atoms with Gasteiger partial charge in [-0.05, 0) is 42.7 Å². The molecule has 0 aliphatic carbocycles. The molecule has 1 atom stereocenters. The number of hydrogen-bond donors (Lipinski definition) is 1. The first-order chi connectivity index (χ1) is 13.6. The summed E-state index contributed by atoms with van der Waals surface area (Å²) in [6.07, 6.45) is 2.59. The van der Waals surface area contributed by atoms with Crippen LogP contribution in [-0.4, -0.2) is 55.2 Å². The molecule has 5 heteroatoms. The molecule has 3 rings (SSSR count). The van der Waals surface area contributed by atoms with Gasteiger partial charge < -0.3 is 14.6 Å². The molecule has 0 saturated heterocycles. The van der Waals surface area contributed by atoms with Crippen molar-refractivity contribution in [3.63, 3.8) is 0 Å². The number of ketones is 1. The Hall–Kier alpha value is -2.63. The lowest BCUT2D eigenvalue weighted by Crippen LogP contribution is -2.38. The minimum atomic E-state index is -0.608. The Kier molecular flexibility index (Phi) is 6.85. The summed E-state index contributed by atoms with van der Waals surface area (Å²) in [7, 11) is 1.53. The predicted molar refractivity (Wildman–Crippen MR) is 110 cm³/mol. The number of aliphatic hydroxyl groups excluding tert-OH is 1. The van der Waals surface area contributed by atoms with E-state index >= 15 is 0 Å². The number of rotatable bonds is 8. The van der Waals surface area contributed by atoms with Crippen molar-refractivity contribution < 1.29 is 19.4 Å². The molecule has 0 radical (unpaired) electrons. The van der Waals surface area contributed by atoms with E-state index in [9.17, 15) is 9.90 Å². The maximum absolute atomic E-state index is 11.5. The maximum Gasteiger partial charge on any atom is 0.161 e. The molecular formula is C23H27NO4. The molecular weight excluding hydrogens is 354 g/mol. The van der Waals surface area contributed by atoms with Gasteiger partial charge in [0.15, 0.2) is 17.3 Å². The standard InChI is InChI=1S/C23H27NO4/c1-17(25)20-8-9-22(23(14-20)27-2)28-16-21(26)15-24-12-10-19(11-13-24)18-6-4-3-5-7-18/h3-10,14,21,26H,11-13,15-16H2,1-2H3. The Bertz CT molecular complexity index is 832. The maximum atomic E-state index is 11.5. The smallest absolute Gasteiger partial charge is 0.161 e. The van der Waals surface area contributed by atoms with E-state index in [1.807, 2.05) is 6.07 Å². The fourth-order valence-electron chi connectivity index (χ4n) is 3.33. The number of β-amino-alcohol motifs (C(OH)–C–C–N with tert-alkyl or cyclic N) is 1. The topological polar surface area (TPSA) is 59.0 Å². The van der Waals surface area contributed by atoms with E-state index in [4.69, 9.17) is 9.47 Å². The highest BCUT2D eigenvalue weighted by molar-refractivity contribution is 5.94. The van der Waals surface area contributed by atoms with E-state index in [2.05, 4.69) is 35.2 Å². The first kappa shape index (κ1) is 20.1. The van der Waals surface area contributed by atoms with Crippen molar-refractivity contribution in [2.45, 2.75) is 19.4 Å². The lowest BCUT2D eigenvalue weighted by molar-refractivity contribution is 0.0706. The highest BCUT2D eigenvalue weighted by atomic mass is 16.5. The van der Waals surface area contributed by atoms with E-state index in [0.29, 0.717) is 23.6 Å². The first-order valence-corrected chi connectivity index (χ1v) is 9.53. The van der Waals surface area contributed by atoms with Crippen LogP contribution in [0.3, 0.4) is 0 Å². The number of benzene rings is 2. The Labute approximate surface area is 166 Å². The summed E-state index contributed by atoms with van der Waals surface area (Å²) >= 11 is 0. The van der Waals surface area contributed by atoms with Gasteiger partial charge in [0.1, 0.15) is 12.7 Å². The van der Waals surface area contributed by atoms with Crippen molar-refractivity contribution in [1.29, 1.82) is 0 Å². The van der Waals surface area contributed by atoms with Gasteiger partial charge in [-0.1, -0.05) is 36.4 Å². The average molecular weight is 381 g/mol. The minimum absolute atomic E-state index is 0.0297. The fraction of sp³-hybridized carbons (Fsp3) is 0.348. The Morgan fingerprint density at radius 3 is 2.61 bits per heavy atom. The molecule has 1 aliphatic rings. The lowest BCUT2D eigenvalue weighted by atomic mass is 9.99. The van der Waals surface area contributed by atoms with Crippen LogP contribution in [0.4, 0.5) is 0 Å². The first-order valence-electron chi connectivity index (χ1n) is 9.53. The normalized spacial score (nSPS) is 15.6. The Morgan fingerprint density at radius 1 is 1.18 bits per heavy atom. The Morgan fingerprint density at radius 2 is 1.96 bits per heavy atom. The largest absolute Gasteiger partial charge is 0.493 e. The van der Waals surface area contributed by atoms with Crippen LogP contribution in [0.5, 0.6) is 11.5 Å². The Balaban J connectivity index is 1.51. The molecule has 1 aliphatic heterocycles. The number of ether oxygens (including phenoxy) is 2. The molecule has 0 aromatic heterocycles. The lowest BCUT2D eigenvalue weighted by Gasteiger charge is -2.28. The van der Waals surface area contributed by atoms with Crippen LogP contribution in [0.25, 0.3) is 5.57 Å². The summed E-state index contributed by atoms with van der Waals surface area (Å²) in [5, 5.41) is 10.4. The SMILES string of the molecule is COc1cc(C(C)=O)ccc1OCC(O)CN1CC=C(c2ccccc2)CC1. The molecule has 0 saturated carbocycles. The van der Waals surface area contributed by atoms with Crippen molar-refractivity contribution in [3.8, 4) is 11.5 Å². The second-order valence-corrected chi connectivity index (χ2v) is 6.99. The van der Waals surface area contributed by atoms with E-state index < -0.39 is 6.10 Å². The van der Waals surface area contributed by atoms with Gasteiger partial charge in [-0.3, -0.25) is 9.69 Å². The quantitative estimate of drug-likeness (QED) is 0.710. The van der Waals surface area contributed by atoms with Crippen molar-refractivity contribution in [2.24, 2.45) is 0 Å². The van der Waals surface area contributed by atoms with Crippen molar-refractivity contribution >= 4 is 11.4 Å². The fourth-order valence-corrected chi connectivity index (χ4v) is 3.33. The number of hydrogen-bond acceptors (Lipinski definition) is 5. The van der Waals surface area contributed by atoms with Crippen molar-refractivity contribution in [3.05, 3.63) is 65.7 Å². The molecule has 0 bridgehead atoms. The molecule has 0 spiro atoms. The van der Waals surface area contributed by atoms with E-state index in [-0.39, 0.29) is 12.4 Å². The predicted octanol–water partition coefficient (Wildman–Crippen LogP) is 3.43. The second kappa shape index (κ2) is 9.53. The molecule has 1 heterocycles. The van der Waals surface area contributed by atoms with E-state index in [1.54, 1.807) is 18.2 Å². The number of Topliss-reactive ketones (excluding diaryl/α,β-unsaturated/α-hetero) is 1. The summed E-state index contributed by atoms with van der Waals surface area (Å²) in [5.74, 6) is 0.989. The van der Waals surface area contributed by atoms with Crippen LogP contribution >= 0.6 is 0 Å². The van der Waals surface area contributed by atoms with Gasteiger partial charge in [0.2, 0.25) is 0 Å². The summed E-state index contributed by atoms with van der Waals surface area (Å²) in [6.45, 7) is 3.95. The number of carbonyl (C=O) groups excluding carboxylic acids is 1. The summed E-state index contributed by atoms with van der Waals surface area (Å²) in [4.78, 5) is 13.7. The third kappa shape index (κ3) is 5.21. The van der Waals surface area contributed by atoms with Gasteiger partial charge in [-0.15, -0.1) is 0 Å². The van der Waals surface area contributed by atoms with Crippen LogP contribution in [0, 0.1) is 0 Å². The molecule has 0 amide bonds. The number of aliphatic hydroxyl groups is 1. The summed E-state index contributed by atoms with van der Waals surface area (Å²) in [6, 6.07) is 15.5. The van der Waals surface area contributed by atoms with Gasteiger partial charge in [-0.25, -0.2) is 0 Å². The van der Waals surface area contributed by atoms with E-state index in [0.717, 1.165) is 19.5 Å². The van der Waals surface area contributed by atoms with Crippen LogP contribution in [0.1, 0.15) is 29.3 Å². The number of methoxy groups -OCH3 is 1. The number of nitrogens with zero attached hydrogens (tertiary/aromatic N) is 1. The molecule has 148 valence electrons.